The number of aromatic nitrogens is 2. The smallest absolute Gasteiger partial charge is 0.277 e. The van der Waals surface area contributed by atoms with E-state index < -0.39 is 0 Å². The molecular formula is C22H16ClN3O2S2. The van der Waals surface area contributed by atoms with Crippen molar-refractivity contribution in [2.24, 2.45) is 0 Å². The van der Waals surface area contributed by atoms with Gasteiger partial charge in [0.1, 0.15) is 0 Å². The summed E-state index contributed by atoms with van der Waals surface area (Å²) in [4.78, 5) is 14.5. The Labute approximate surface area is 187 Å². The molecular weight excluding hydrogens is 438 g/mol. The zero-order valence-corrected chi connectivity index (χ0v) is 18.0. The molecule has 1 N–H and O–H groups in total. The standard InChI is InChI=1S/C22H16ClN3O2S2/c23-16-12-10-15(11-13-16)21-25-26-22(28-21)29-14-20(27)24-18-8-4-5-9-19(18)30-17-6-2-1-3-7-17/h1-13H,14H2,(H,24,27). The lowest BCUT2D eigenvalue weighted by atomic mass is 10.2. The Kier molecular flexibility index (Phi) is 6.74. The number of benzene rings is 3. The van der Waals surface area contributed by atoms with Crippen LogP contribution in [0.5, 0.6) is 0 Å². The van der Waals surface area contributed by atoms with Crippen LogP contribution in [0.4, 0.5) is 5.69 Å². The van der Waals surface area contributed by atoms with Crippen molar-refractivity contribution < 1.29 is 9.21 Å². The van der Waals surface area contributed by atoms with E-state index in [0.717, 1.165) is 21.0 Å². The number of halogens is 1. The molecule has 0 aliphatic carbocycles. The van der Waals surface area contributed by atoms with Gasteiger partial charge < -0.3 is 9.73 Å². The van der Waals surface area contributed by atoms with Crippen LogP contribution in [-0.4, -0.2) is 21.9 Å². The van der Waals surface area contributed by atoms with Crippen LogP contribution >= 0.6 is 35.1 Å². The molecule has 0 atom stereocenters. The number of para-hydroxylation sites is 1. The van der Waals surface area contributed by atoms with Gasteiger partial charge in [0.2, 0.25) is 11.8 Å². The molecule has 0 bridgehead atoms. The first kappa shape index (κ1) is 20.5. The van der Waals surface area contributed by atoms with Crippen LogP contribution in [0.3, 0.4) is 0 Å². The number of anilines is 1. The predicted molar refractivity (Wildman–Crippen MR) is 121 cm³/mol. The van der Waals surface area contributed by atoms with Crippen molar-refractivity contribution in [2.45, 2.75) is 15.0 Å². The van der Waals surface area contributed by atoms with Gasteiger partial charge in [0.25, 0.3) is 5.22 Å². The molecule has 0 radical (unpaired) electrons. The summed E-state index contributed by atoms with van der Waals surface area (Å²) in [5.41, 5.74) is 1.54. The Hall–Kier alpha value is -2.74. The van der Waals surface area contributed by atoms with Crippen LogP contribution in [0.15, 0.2) is 98.3 Å². The third-order valence-corrected chi connectivity index (χ3v) is 6.11. The number of carbonyl (C=O) groups is 1. The summed E-state index contributed by atoms with van der Waals surface area (Å²) >= 11 is 8.69. The maximum absolute atomic E-state index is 12.5. The molecule has 1 heterocycles. The fraction of sp³-hybridized carbons (Fsp3) is 0.0455. The highest BCUT2D eigenvalue weighted by molar-refractivity contribution is 8.00. The van der Waals surface area contributed by atoms with Gasteiger partial charge in [-0.15, -0.1) is 10.2 Å². The van der Waals surface area contributed by atoms with Crippen molar-refractivity contribution in [1.82, 2.24) is 10.2 Å². The van der Waals surface area contributed by atoms with E-state index in [4.69, 9.17) is 16.0 Å². The Balaban J connectivity index is 1.36. The average molecular weight is 454 g/mol. The molecule has 5 nitrogen and oxygen atoms in total. The number of nitrogens with zero attached hydrogens (tertiary/aromatic N) is 2. The molecule has 3 aromatic carbocycles. The zero-order valence-electron chi connectivity index (χ0n) is 15.6. The number of rotatable bonds is 7. The average Bonchev–Trinajstić information content (AvgIpc) is 3.24. The summed E-state index contributed by atoms with van der Waals surface area (Å²) in [6.45, 7) is 0. The van der Waals surface area contributed by atoms with Gasteiger partial charge >= 0.3 is 0 Å². The highest BCUT2D eigenvalue weighted by Crippen LogP contribution is 2.33. The molecule has 1 aromatic heterocycles. The fourth-order valence-electron chi connectivity index (χ4n) is 2.57. The number of nitrogens with one attached hydrogen (secondary N) is 1. The number of hydrogen-bond donors (Lipinski definition) is 1. The lowest BCUT2D eigenvalue weighted by Gasteiger charge is -2.10. The second kappa shape index (κ2) is 9.84. The monoisotopic (exact) mass is 453 g/mol. The maximum atomic E-state index is 12.5. The van der Waals surface area contributed by atoms with Crippen molar-refractivity contribution >= 4 is 46.7 Å². The van der Waals surface area contributed by atoms with E-state index in [1.165, 1.54) is 11.8 Å². The molecule has 30 heavy (non-hydrogen) atoms. The maximum Gasteiger partial charge on any atom is 0.277 e. The minimum absolute atomic E-state index is 0.146. The fourth-order valence-corrected chi connectivity index (χ4v) is 4.18. The molecule has 4 aromatic rings. The van der Waals surface area contributed by atoms with Crippen LogP contribution in [0.25, 0.3) is 11.5 Å². The van der Waals surface area contributed by atoms with E-state index in [2.05, 4.69) is 15.5 Å². The summed E-state index contributed by atoms with van der Waals surface area (Å²) in [6.07, 6.45) is 0. The molecule has 4 rings (SSSR count). The quantitative estimate of drug-likeness (QED) is 0.332. The largest absolute Gasteiger partial charge is 0.411 e. The summed E-state index contributed by atoms with van der Waals surface area (Å²) in [5.74, 6) is 0.401. The Morgan fingerprint density at radius 2 is 1.67 bits per heavy atom. The van der Waals surface area contributed by atoms with E-state index in [1.54, 1.807) is 36.0 Å². The highest BCUT2D eigenvalue weighted by Gasteiger charge is 2.13. The van der Waals surface area contributed by atoms with Gasteiger partial charge in [-0.3, -0.25) is 4.79 Å². The molecule has 8 heteroatoms. The van der Waals surface area contributed by atoms with Crippen molar-refractivity contribution in [3.05, 3.63) is 83.9 Å². The summed E-state index contributed by atoms with van der Waals surface area (Å²) in [6, 6.07) is 24.9. The van der Waals surface area contributed by atoms with Crippen molar-refractivity contribution in [3.63, 3.8) is 0 Å². The van der Waals surface area contributed by atoms with Gasteiger partial charge in [0, 0.05) is 20.4 Å². The molecule has 0 spiro atoms. The van der Waals surface area contributed by atoms with Crippen molar-refractivity contribution in [3.8, 4) is 11.5 Å². The Morgan fingerprint density at radius 1 is 0.933 bits per heavy atom. The molecule has 0 saturated carbocycles. The first-order valence-electron chi connectivity index (χ1n) is 9.01. The normalized spacial score (nSPS) is 10.7. The third-order valence-electron chi connectivity index (χ3n) is 3.96. The summed E-state index contributed by atoms with van der Waals surface area (Å²) in [5, 5.41) is 12.0. The van der Waals surface area contributed by atoms with Crippen LogP contribution in [0.1, 0.15) is 0 Å². The van der Waals surface area contributed by atoms with Crippen LogP contribution in [0, 0.1) is 0 Å². The Morgan fingerprint density at radius 3 is 2.47 bits per heavy atom. The molecule has 0 aliphatic heterocycles. The minimum Gasteiger partial charge on any atom is -0.411 e. The number of thioether (sulfide) groups is 1. The number of hydrogen-bond acceptors (Lipinski definition) is 6. The molecule has 0 fully saturated rings. The molecule has 0 unspecified atom stereocenters. The second-order valence-electron chi connectivity index (χ2n) is 6.13. The molecule has 0 aliphatic rings. The van der Waals surface area contributed by atoms with Crippen LogP contribution in [-0.2, 0) is 4.79 Å². The topological polar surface area (TPSA) is 68.0 Å². The van der Waals surface area contributed by atoms with Crippen LogP contribution in [0.2, 0.25) is 5.02 Å². The summed E-state index contributed by atoms with van der Waals surface area (Å²) < 4.78 is 5.63. The van der Waals surface area contributed by atoms with E-state index >= 15 is 0 Å². The Bertz CT molecular complexity index is 1130. The zero-order chi connectivity index (χ0) is 20.8. The van der Waals surface area contributed by atoms with Gasteiger partial charge in [-0.2, -0.15) is 0 Å². The first-order chi connectivity index (χ1) is 14.7. The lowest BCUT2D eigenvalue weighted by Crippen LogP contribution is -2.14. The second-order valence-corrected chi connectivity index (χ2v) is 8.61. The van der Waals surface area contributed by atoms with Gasteiger partial charge in [-0.25, -0.2) is 0 Å². The first-order valence-corrected chi connectivity index (χ1v) is 11.2. The SMILES string of the molecule is O=C(CSc1nnc(-c2ccc(Cl)cc2)o1)Nc1ccccc1Sc1ccccc1. The highest BCUT2D eigenvalue weighted by atomic mass is 35.5. The lowest BCUT2D eigenvalue weighted by molar-refractivity contribution is -0.113. The number of amides is 1. The minimum atomic E-state index is -0.146. The van der Waals surface area contributed by atoms with E-state index in [9.17, 15) is 4.79 Å². The van der Waals surface area contributed by atoms with Crippen molar-refractivity contribution in [2.75, 3.05) is 11.1 Å². The van der Waals surface area contributed by atoms with E-state index in [-0.39, 0.29) is 11.7 Å². The number of carbonyl (C=O) groups excluding carboxylic acids is 1. The molecule has 1 amide bonds. The molecule has 150 valence electrons. The van der Waals surface area contributed by atoms with E-state index in [1.807, 2.05) is 54.6 Å². The summed E-state index contributed by atoms with van der Waals surface area (Å²) in [7, 11) is 0. The van der Waals surface area contributed by atoms with Gasteiger partial charge in [0.15, 0.2) is 0 Å². The van der Waals surface area contributed by atoms with Gasteiger partial charge in [-0.05, 0) is 48.5 Å². The predicted octanol–water partition coefficient (Wildman–Crippen LogP) is 6.27. The van der Waals surface area contributed by atoms with E-state index in [0.29, 0.717) is 16.1 Å². The van der Waals surface area contributed by atoms with Gasteiger partial charge in [-0.1, -0.05) is 65.5 Å². The van der Waals surface area contributed by atoms with Gasteiger partial charge in [0.05, 0.1) is 11.4 Å². The van der Waals surface area contributed by atoms with Crippen molar-refractivity contribution in [1.29, 1.82) is 0 Å². The van der Waals surface area contributed by atoms with Crippen LogP contribution < -0.4 is 5.32 Å². The molecule has 0 saturated heterocycles. The third kappa shape index (κ3) is 5.44.